The van der Waals surface area contributed by atoms with Crippen LogP contribution in [0.1, 0.15) is 0 Å². The van der Waals surface area contributed by atoms with E-state index in [1.165, 1.54) is 29.5 Å². The Hall–Kier alpha value is -3.26. The molecule has 0 aliphatic rings. The lowest BCUT2D eigenvalue weighted by Crippen LogP contribution is -2.23. The molecule has 138 valence electrons. The summed E-state index contributed by atoms with van der Waals surface area (Å²) in [6, 6.07) is 14.9. The second kappa shape index (κ2) is 8.91. The lowest BCUT2D eigenvalue weighted by molar-refractivity contribution is -0.149. The maximum atomic E-state index is 13.0. The molecular weight excluding hydrogens is 371 g/mol. The van der Waals surface area contributed by atoms with Crippen LogP contribution in [0.5, 0.6) is 5.75 Å². The van der Waals surface area contributed by atoms with Gasteiger partial charge >= 0.3 is 5.97 Å². The minimum absolute atomic E-state index is 0.202. The fraction of sp³-hybridized carbons (Fsp3) is 0.105. The number of nitrogens with zero attached hydrogens (tertiary/aromatic N) is 1. The normalized spacial score (nSPS) is 10.3. The summed E-state index contributed by atoms with van der Waals surface area (Å²) in [6.07, 6.45) is 0. The fourth-order valence-electron chi connectivity index (χ4n) is 2.11. The van der Waals surface area contributed by atoms with Gasteiger partial charge in [0.15, 0.2) is 18.3 Å². The van der Waals surface area contributed by atoms with Crippen LogP contribution in [0.15, 0.2) is 60.0 Å². The zero-order chi connectivity index (χ0) is 19.1. The third-order valence-electron chi connectivity index (χ3n) is 3.34. The molecule has 0 unspecified atom stereocenters. The van der Waals surface area contributed by atoms with E-state index in [2.05, 4.69) is 10.3 Å². The maximum Gasteiger partial charge on any atom is 0.344 e. The second-order valence-electron chi connectivity index (χ2n) is 5.36. The number of thiazole rings is 1. The van der Waals surface area contributed by atoms with Crippen molar-refractivity contribution in [2.24, 2.45) is 0 Å². The second-order valence-corrected chi connectivity index (χ2v) is 6.22. The number of ether oxygens (including phenoxy) is 2. The molecule has 0 radical (unpaired) electrons. The van der Waals surface area contributed by atoms with E-state index in [-0.39, 0.29) is 5.75 Å². The molecular formula is C19H15FN2O4S. The van der Waals surface area contributed by atoms with Crippen molar-refractivity contribution in [3.8, 4) is 17.0 Å². The lowest BCUT2D eigenvalue weighted by Gasteiger charge is -2.07. The van der Waals surface area contributed by atoms with Gasteiger partial charge in [0.05, 0.1) is 5.69 Å². The molecule has 3 aromatic rings. The van der Waals surface area contributed by atoms with E-state index in [0.717, 1.165) is 17.3 Å². The predicted octanol–water partition coefficient (Wildman–Crippen LogP) is 3.51. The molecule has 0 aliphatic heterocycles. The van der Waals surface area contributed by atoms with E-state index in [0.29, 0.717) is 5.13 Å². The number of nitrogens with one attached hydrogen (secondary N) is 1. The number of aromatic nitrogens is 1. The number of esters is 1. The van der Waals surface area contributed by atoms with Gasteiger partial charge < -0.3 is 9.47 Å². The SMILES string of the molecule is O=C(COC(=O)COc1cccc(F)c1)Nc1nc(-c2ccccc2)cs1. The molecule has 0 spiro atoms. The number of benzene rings is 2. The number of halogens is 1. The highest BCUT2D eigenvalue weighted by Gasteiger charge is 2.11. The third-order valence-corrected chi connectivity index (χ3v) is 4.09. The van der Waals surface area contributed by atoms with Gasteiger partial charge in [0.25, 0.3) is 5.91 Å². The molecule has 6 nitrogen and oxygen atoms in total. The minimum atomic E-state index is -0.737. The zero-order valence-corrected chi connectivity index (χ0v) is 14.9. The summed E-state index contributed by atoms with van der Waals surface area (Å²) in [4.78, 5) is 27.8. The van der Waals surface area contributed by atoms with Gasteiger partial charge in [-0.25, -0.2) is 14.2 Å². The summed E-state index contributed by atoms with van der Waals surface area (Å²) < 4.78 is 22.9. The summed E-state index contributed by atoms with van der Waals surface area (Å²) in [5.41, 5.74) is 1.69. The summed E-state index contributed by atoms with van der Waals surface area (Å²) in [6.45, 7) is -0.891. The zero-order valence-electron chi connectivity index (χ0n) is 14.1. The molecule has 3 rings (SSSR count). The molecule has 2 aromatic carbocycles. The average Bonchev–Trinajstić information content (AvgIpc) is 3.14. The average molecular weight is 386 g/mol. The summed E-state index contributed by atoms with van der Waals surface area (Å²) >= 11 is 1.27. The molecule has 0 saturated heterocycles. The Labute approximate surface area is 158 Å². The van der Waals surface area contributed by atoms with Crippen molar-refractivity contribution in [3.05, 3.63) is 65.8 Å². The molecule has 1 N–H and O–H groups in total. The van der Waals surface area contributed by atoms with Gasteiger partial charge in [-0.05, 0) is 12.1 Å². The number of carbonyl (C=O) groups is 2. The number of carbonyl (C=O) groups excluding carboxylic acids is 2. The van der Waals surface area contributed by atoms with Crippen LogP contribution >= 0.6 is 11.3 Å². The highest BCUT2D eigenvalue weighted by molar-refractivity contribution is 7.14. The standard InChI is InChI=1S/C19H15FN2O4S/c20-14-7-4-8-15(9-14)25-11-18(24)26-10-17(23)22-19-21-16(12-27-19)13-5-2-1-3-6-13/h1-9,12H,10-11H2,(H,21,22,23). The van der Waals surface area contributed by atoms with Crippen LogP contribution in [0.3, 0.4) is 0 Å². The van der Waals surface area contributed by atoms with Gasteiger partial charge in [0, 0.05) is 17.0 Å². The largest absolute Gasteiger partial charge is 0.482 e. The number of hydrogen-bond acceptors (Lipinski definition) is 6. The van der Waals surface area contributed by atoms with Crippen molar-refractivity contribution < 1.29 is 23.5 Å². The Morgan fingerprint density at radius 2 is 1.89 bits per heavy atom. The quantitative estimate of drug-likeness (QED) is 0.629. The molecule has 0 bridgehead atoms. The lowest BCUT2D eigenvalue weighted by atomic mass is 10.2. The molecule has 1 heterocycles. The van der Waals surface area contributed by atoms with Crippen LogP contribution < -0.4 is 10.1 Å². The van der Waals surface area contributed by atoms with Crippen LogP contribution in [0.2, 0.25) is 0 Å². The Morgan fingerprint density at radius 1 is 1.07 bits per heavy atom. The van der Waals surface area contributed by atoms with Crippen LogP contribution in [0.25, 0.3) is 11.3 Å². The maximum absolute atomic E-state index is 13.0. The predicted molar refractivity (Wildman–Crippen MR) is 99.0 cm³/mol. The molecule has 8 heteroatoms. The first-order valence-electron chi connectivity index (χ1n) is 7.95. The molecule has 0 fully saturated rings. The molecule has 0 saturated carbocycles. The first-order valence-corrected chi connectivity index (χ1v) is 8.83. The van der Waals surface area contributed by atoms with E-state index in [4.69, 9.17) is 9.47 Å². The summed E-state index contributed by atoms with van der Waals surface area (Å²) in [5.74, 6) is -1.52. The first-order chi connectivity index (χ1) is 13.1. The molecule has 1 aromatic heterocycles. The van der Waals surface area contributed by atoms with Gasteiger partial charge in [0.1, 0.15) is 11.6 Å². The van der Waals surface area contributed by atoms with E-state index >= 15 is 0 Å². The minimum Gasteiger partial charge on any atom is -0.482 e. The third kappa shape index (κ3) is 5.61. The Bertz CT molecular complexity index is 930. The Kier molecular flexibility index (Phi) is 6.11. The van der Waals surface area contributed by atoms with Gasteiger partial charge in [-0.1, -0.05) is 36.4 Å². The molecule has 0 atom stereocenters. The van der Waals surface area contributed by atoms with E-state index < -0.39 is 30.9 Å². The van der Waals surface area contributed by atoms with Crippen molar-refractivity contribution in [1.82, 2.24) is 4.98 Å². The van der Waals surface area contributed by atoms with E-state index in [1.807, 2.05) is 35.7 Å². The van der Waals surface area contributed by atoms with Crippen molar-refractivity contribution in [3.63, 3.8) is 0 Å². The van der Waals surface area contributed by atoms with Gasteiger partial charge in [-0.3, -0.25) is 10.1 Å². The molecule has 0 aliphatic carbocycles. The fourth-order valence-corrected chi connectivity index (χ4v) is 2.85. The molecule has 1 amide bonds. The van der Waals surface area contributed by atoms with Gasteiger partial charge in [-0.2, -0.15) is 0 Å². The Morgan fingerprint density at radius 3 is 2.67 bits per heavy atom. The highest BCUT2D eigenvalue weighted by Crippen LogP contribution is 2.24. The van der Waals surface area contributed by atoms with E-state index in [1.54, 1.807) is 0 Å². The number of hydrogen-bond donors (Lipinski definition) is 1. The monoisotopic (exact) mass is 386 g/mol. The topological polar surface area (TPSA) is 77.5 Å². The summed E-state index contributed by atoms with van der Waals surface area (Å²) in [5, 5.41) is 4.80. The van der Waals surface area contributed by atoms with Crippen LogP contribution in [0, 0.1) is 5.82 Å². The Balaban J connectivity index is 1.43. The summed E-state index contributed by atoms with van der Waals surface area (Å²) in [7, 11) is 0. The van der Waals surface area contributed by atoms with Crippen molar-refractivity contribution in [1.29, 1.82) is 0 Å². The van der Waals surface area contributed by atoms with Crippen LogP contribution in [0.4, 0.5) is 9.52 Å². The van der Waals surface area contributed by atoms with Crippen molar-refractivity contribution in [2.45, 2.75) is 0 Å². The van der Waals surface area contributed by atoms with Gasteiger partial charge in [0.2, 0.25) is 0 Å². The highest BCUT2D eigenvalue weighted by atomic mass is 32.1. The van der Waals surface area contributed by atoms with E-state index in [9.17, 15) is 14.0 Å². The van der Waals surface area contributed by atoms with Crippen molar-refractivity contribution in [2.75, 3.05) is 18.5 Å². The van der Waals surface area contributed by atoms with Crippen molar-refractivity contribution >= 4 is 28.3 Å². The first kappa shape index (κ1) is 18.5. The van der Waals surface area contributed by atoms with Crippen LogP contribution in [-0.4, -0.2) is 30.1 Å². The van der Waals surface area contributed by atoms with Gasteiger partial charge in [-0.15, -0.1) is 11.3 Å². The number of anilines is 1. The van der Waals surface area contributed by atoms with Crippen LogP contribution in [-0.2, 0) is 14.3 Å². The number of amides is 1. The molecule has 27 heavy (non-hydrogen) atoms. The number of rotatable bonds is 7. The smallest absolute Gasteiger partial charge is 0.344 e.